The summed E-state index contributed by atoms with van der Waals surface area (Å²) in [5.41, 5.74) is -15.4. The molecular formula is C10H10F10O3. The highest BCUT2D eigenvalue weighted by Gasteiger charge is 2.98. The Balaban J connectivity index is 0.00000264. The normalized spacial score (nSPS) is 50.1. The smallest absolute Gasteiger partial charge is 0.345 e. The molecular weight excluding hydrogens is 358 g/mol. The molecule has 0 spiro atoms. The van der Waals surface area contributed by atoms with Gasteiger partial charge in [-0.2, -0.15) is 26.3 Å². The highest BCUT2D eigenvalue weighted by atomic mass is 19.3. The molecule has 0 aromatic heterocycles. The fourth-order valence-electron chi connectivity index (χ4n) is 3.02. The fraction of sp³-hybridized carbons (Fsp3) is 1.00. The molecule has 4 unspecified atom stereocenters. The molecule has 3 nitrogen and oxygen atoms in total. The van der Waals surface area contributed by atoms with E-state index in [0.717, 1.165) is 0 Å². The molecule has 2 aliphatic rings. The molecule has 2 bridgehead atoms. The summed E-state index contributed by atoms with van der Waals surface area (Å²) >= 11 is 0. The Morgan fingerprint density at radius 2 is 1.13 bits per heavy atom. The third kappa shape index (κ3) is 1.68. The number of fused-ring (bicyclic) bond motifs is 2. The van der Waals surface area contributed by atoms with Gasteiger partial charge < -0.3 is 15.3 Å². The van der Waals surface area contributed by atoms with E-state index in [0.29, 0.717) is 0 Å². The molecule has 0 heterocycles. The van der Waals surface area contributed by atoms with E-state index in [1.165, 1.54) is 0 Å². The van der Waals surface area contributed by atoms with Gasteiger partial charge in [0.15, 0.2) is 0 Å². The van der Waals surface area contributed by atoms with E-state index in [2.05, 4.69) is 0 Å². The third-order valence-corrected chi connectivity index (χ3v) is 4.30. The van der Waals surface area contributed by atoms with E-state index in [1.54, 1.807) is 0 Å². The van der Waals surface area contributed by atoms with Crippen molar-refractivity contribution in [2.45, 2.75) is 53.3 Å². The second kappa shape index (κ2) is 4.42. The van der Waals surface area contributed by atoms with Gasteiger partial charge in [-0.1, -0.05) is 0 Å². The first kappa shape index (κ1) is 20.2. The van der Waals surface area contributed by atoms with Gasteiger partial charge in [0.2, 0.25) is 5.67 Å². The van der Waals surface area contributed by atoms with Crippen LogP contribution in [0.4, 0.5) is 44.2 Å². The van der Waals surface area contributed by atoms with Crippen molar-refractivity contribution in [2.75, 3.05) is 6.67 Å². The van der Waals surface area contributed by atoms with Crippen molar-refractivity contribution in [2.24, 2.45) is 0 Å². The van der Waals surface area contributed by atoms with Crippen LogP contribution >= 0.6 is 0 Å². The van der Waals surface area contributed by atoms with E-state index < -0.39 is 60.0 Å². The molecule has 0 aromatic rings. The van der Waals surface area contributed by atoms with Crippen molar-refractivity contribution in [1.29, 1.82) is 0 Å². The minimum atomic E-state index is -6.31. The second-order valence-electron chi connectivity index (χ2n) is 5.68. The first-order chi connectivity index (χ1) is 9.47. The van der Waals surface area contributed by atoms with E-state index >= 15 is 0 Å². The van der Waals surface area contributed by atoms with Crippen LogP contribution in [0.5, 0.6) is 0 Å². The molecule has 13 heteroatoms. The first-order valence-electron chi connectivity index (χ1n) is 5.72. The molecule has 0 radical (unpaired) electrons. The van der Waals surface area contributed by atoms with Crippen LogP contribution in [0.3, 0.4) is 0 Å². The Hall–Kier alpha value is -0.820. The van der Waals surface area contributed by atoms with Gasteiger partial charge in [0.1, 0.15) is 12.3 Å². The summed E-state index contributed by atoms with van der Waals surface area (Å²) in [5, 5.41) is 27.5. The van der Waals surface area contributed by atoms with Crippen molar-refractivity contribution in [3.8, 4) is 0 Å². The standard InChI is InChI=1S/C10H9F9O3.FH/c11-3-4(12)1-5(20)2-6(13,21)10(18,19)7(22,8(4,14)15)9(5,16)17;/h20-22H,1-3H2;1H. The van der Waals surface area contributed by atoms with Crippen molar-refractivity contribution >= 4 is 0 Å². The number of hydrogen-bond acceptors (Lipinski definition) is 3. The summed E-state index contributed by atoms with van der Waals surface area (Å²) in [6.45, 7) is -2.82. The maximum atomic E-state index is 13.9. The molecule has 0 aliphatic heterocycles. The average Bonchev–Trinajstić information content (AvgIpc) is 2.33. The first-order valence-corrected chi connectivity index (χ1v) is 5.72. The van der Waals surface area contributed by atoms with E-state index in [1.807, 2.05) is 0 Å². The van der Waals surface area contributed by atoms with Crippen LogP contribution in [0.1, 0.15) is 12.8 Å². The summed E-state index contributed by atoms with van der Waals surface area (Å²) in [6.07, 6.45) is -5.12. The second-order valence-corrected chi connectivity index (χ2v) is 5.68. The van der Waals surface area contributed by atoms with Gasteiger partial charge in [0.05, 0.1) is 0 Å². The number of aliphatic hydroxyl groups is 3. The Kier molecular flexibility index (Phi) is 3.89. The topological polar surface area (TPSA) is 60.7 Å². The SMILES string of the molecule is F.OC1(F)CC2(O)CC(F)(CF)C(F)(F)C(O)(C1(F)F)C2(F)F. The maximum absolute atomic E-state index is 13.9. The van der Waals surface area contributed by atoms with Crippen molar-refractivity contribution in [3.05, 3.63) is 0 Å². The van der Waals surface area contributed by atoms with E-state index in [4.69, 9.17) is 5.11 Å². The molecule has 0 saturated heterocycles. The average molecular weight is 368 g/mol. The molecule has 4 atom stereocenters. The minimum Gasteiger partial charge on any atom is -0.383 e. The van der Waals surface area contributed by atoms with Gasteiger partial charge in [-0.25, -0.2) is 13.2 Å². The summed E-state index contributed by atoms with van der Waals surface area (Å²) in [6, 6.07) is 0. The monoisotopic (exact) mass is 368 g/mol. The molecule has 2 fully saturated rings. The summed E-state index contributed by atoms with van der Waals surface area (Å²) in [7, 11) is 0. The van der Waals surface area contributed by atoms with Crippen LogP contribution in [-0.2, 0) is 0 Å². The molecule has 23 heavy (non-hydrogen) atoms. The molecule has 0 amide bonds. The van der Waals surface area contributed by atoms with Crippen LogP contribution in [0.25, 0.3) is 0 Å². The van der Waals surface area contributed by atoms with Gasteiger partial charge in [0.25, 0.3) is 11.5 Å². The predicted octanol–water partition coefficient (Wildman–Crippen LogP) is 1.65. The molecule has 0 aromatic carbocycles. The number of alkyl halides is 9. The Labute approximate surface area is 121 Å². The van der Waals surface area contributed by atoms with Crippen molar-refractivity contribution < 1.29 is 59.5 Å². The van der Waals surface area contributed by atoms with Gasteiger partial charge in [-0.15, -0.1) is 0 Å². The minimum absolute atomic E-state index is 0. The highest BCUT2D eigenvalue weighted by Crippen LogP contribution is 2.71. The largest absolute Gasteiger partial charge is 0.383 e. The highest BCUT2D eigenvalue weighted by molar-refractivity contribution is 5.33. The molecule has 2 saturated carbocycles. The number of halogens is 10. The quantitative estimate of drug-likeness (QED) is 0.617. The van der Waals surface area contributed by atoms with Gasteiger partial charge >= 0.3 is 17.8 Å². The molecule has 2 rings (SSSR count). The Bertz CT molecular complexity index is 501. The summed E-state index contributed by atoms with van der Waals surface area (Å²) < 4.78 is 123. The zero-order valence-corrected chi connectivity index (χ0v) is 10.8. The van der Waals surface area contributed by atoms with Crippen molar-refractivity contribution in [1.82, 2.24) is 0 Å². The third-order valence-electron chi connectivity index (χ3n) is 4.30. The Morgan fingerprint density at radius 1 is 0.696 bits per heavy atom. The predicted molar refractivity (Wildman–Crippen MR) is 52.3 cm³/mol. The summed E-state index contributed by atoms with van der Waals surface area (Å²) in [4.78, 5) is 0. The zero-order chi connectivity index (χ0) is 17.6. The lowest BCUT2D eigenvalue weighted by Crippen LogP contribution is -2.91. The van der Waals surface area contributed by atoms with E-state index in [-0.39, 0.29) is 4.70 Å². The summed E-state index contributed by atoms with van der Waals surface area (Å²) in [5.74, 6) is -23.6. The van der Waals surface area contributed by atoms with Crippen molar-refractivity contribution in [3.63, 3.8) is 0 Å². The van der Waals surface area contributed by atoms with E-state index in [9.17, 15) is 49.7 Å². The number of hydrogen-bond donors (Lipinski definition) is 3. The number of rotatable bonds is 1. The van der Waals surface area contributed by atoms with Crippen LogP contribution in [0, 0.1) is 0 Å². The fourth-order valence-corrected chi connectivity index (χ4v) is 3.02. The van der Waals surface area contributed by atoms with Crippen LogP contribution in [-0.4, -0.2) is 62.5 Å². The van der Waals surface area contributed by atoms with Crippen LogP contribution in [0.15, 0.2) is 0 Å². The lowest BCUT2D eigenvalue weighted by Gasteiger charge is -2.63. The van der Waals surface area contributed by atoms with Crippen LogP contribution < -0.4 is 0 Å². The van der Waals surface area contributed by atoms with Gasteiger partial charge in [-0.3, -0.25) is 4.70 Å². The zero-order valence-electron chi connectivity index (χ0n) is 10.8. The lowest BCUT2D eigenvalue weighted by molar-refractivity contribution is -0.501. The van der Waals surface area contributed by atoms with Gasteiger partial charge in [0, 0.05) is 12.8 Å². The lowest BCUT2D eigenvalue weighted by atomic mass is 9.54. The molecule has 3 N–H and O–H groups in total. The van der Waals surface area contributed by atoms with Gasteiger partial charge in [-0.05, 0) is 0 Å². The van der Waals surface area contributed by atoms with Crippen LogP contribution in [0.2, 0.25) is 0 Å². The molecule has 2 aliphatic carbocycles. The molecule has 138 valence electrons. The maximum Gasteiger partial charge on any atom is 0.345 e. The Morgan fingerprint density at radius 3 is 1.52 bits per heavy atom.